The lowest BCUT2D eigenvalue weighted by Crippen LogP contribution is -2.39. The van der Waals surface area contributed by atoms with Crippen LogP contribution in [-0.4, -0.2) is 40.3 Å². The lowest BCUT2D eigenvalue weighted by molar-refractivity contribution is -0.384. The maximum atomic E-state index is 13.2. The van der Waals surface area contributed by atoms with Crippen molar-refractivity contribution in [3.05, 3.63) is 82.4 Å². The number of hydrogen-bond donors (Lipinski definition) is 1. The average Bonchev–Trinajstić information content (AvgIpc) is 3.23. The number of nitro benzene ring substituents is 1. The molecule has 1 saturated heterocycles. The molecule has 10 heteroatoms. The van der Waals surface area contributed by atoms with Crippen LogP contribution < -0.4 is 5.32 Å². The molecule has 2 unspecified atom stereocenters. The molecule has 0 amide bonds. The molecule has 0 aliphatic carbocycles. The summed E-state index contributed by atoms with van der Waals surface area (Å²) in [5, 5.41) is 15.2. The van der Waals surface area contributed by atoms with Gasteiger partial charge in [0.25, 0.3) is 5.69 Å². The van der Waals surface area contributed by atoms with Crippen molar-refractivity contribution in [3.8, 4) is 0 Å². The number of piperidine rings is 1. The second kappa shape index (κ2) is 9.32. The molecule has 33 heavy (non-hydrogen) atoms. The average molecular weight is 470 g/mol. The van der Waals surface area contributed by atoms with Gasteiger partial charge in [0.2, 0.25) is 10.0 Å². The number of aryl methyl sites for hydroxylation is 1. The molecule has 1 N–H and O–H groups in total. The quantitative estimate of drug-likeness (QED) is 0.414. The largest absolute Gasteiger partial charge is 0.366 e. The van der Waals surface area contributed by atoms with E-state index in [0.29, 0.717) is 18.9 Å². The normalized spacial score (nSPS) is 18.1. The lowest BCUT2D eigenvalue weighted by atomic mass is 10.0. The molecule has 1 aliphatic heterocycles. The van der Waals surface area contributed by atoms with Crippen molar-refractivity contribution < 1.29 is 13.3 Å². The first-order valence-corrected chi connectivity index (χ1v) is 12.3. The number of sulfonamides is 1. The summed E-state index contributed by atoms with van der Waals surface area (Å²) < 4.78 is 29.6. The summed E-state index contributed by atoms with van der Waals surface area (Å²) in [6.07, 6.45) is 5.22. The van der Waals surface area contributed by atoms with Crippen LogP contribution in [0.25, 0.3) is 0 Å². The van der Waals surface area contributed by atoms with Crippen LogP contribution in [0, 0.1) is 16.0 Å². The molecule has 0 spiro atoms. The van der Waals surface area contributed by atoms with E-state index in [9.17, 15) is 18.5 Å². The zero-order valence-corrected chi connectivity index (χ0v) is 19.4. The number of benzene rings is 2. The maximum Gasteiger partial charge on any atom is 0.293 e. The number of imidazole rings is 1. The van der Waals surface area contributed by atoms with E-state index in [1.165, 1.54) is 16.4 Å². The fourth-order valence-electron chi connectivity index (χ4n) is 4.21. The van der Waals surface area contributed by atoms with Crippen molar-refractivity contribution >= 4 is 21.4 Å². The van der Waals surface area contributed by atoms with E-state index >= 15 is 0 Å². The summed E-state index contributed by atoms with van der Waals surface area (Å²) in [4.78, 5) is 15.7. The highest BCUT2D eigenvalue weighted by atomic mass is 32.2. The fourth-order valence-corrected chi connectivity index (χ4v) is 5.83. The van der Waals surface area contributed by atoms with Crippen molar-refractivity contribution in [2.24, 2.45) is 13.0 Å². The minimum absolute atomic E-state index is 0.0675. The van der Waals surface area contributed by atoms with E-state index < -0.39 is 21.0 Å². The highest BCUT2D eigenvalue weighted by Gasteiger charge is 2.31. The summed E-state index contributed by atoms with van der Waals surface area (Å²) in [5.41, 5.74) is 0.805. The molecule has 9 nitrogen and oxygen atoms in total. The third-order valence-corrected chi connectivity index (χ3v) is 7.83. The summed E-state index contributed by atoms with van der Waals surface area (Å²) in [6, 6.07) is 13.1. The number of nitro groups is 1. The Hall–Kier alpha value is -3.24. The molecule has 2 aromatic carbocycles. The van der Waals surface area contributed by atoms with Gasteiger partial charge in [-0.25, -0.2) is 13.4 Å². The van der Waals surface area contributed by atoms with Crippen LogP contribution in [0.3, 0.4) is 0 Å². The highest BCUT2D eigenvalue weighted by molar-refractivity contribution is 7.89. The third-order valence-electron chi connectivity index (χ3n) is 5.97. The van der Waals surface area contributed by atoms with Crippen molar-refractivity contribution in [2.75, 3.05) is 18.4 Å². The topological polar surface area (TPSA) is 110 Å². The van der Waals surface area contributed by atoms with E-state index in [2.05, 4.69) is 10.3 Å². The molecule has 0 bridgehead atoms. The first-order chi connectivity index (χ1) is 15.8. The van der Waals surface area contributed by atoms with Crippen LogP contribution >= 0.6 is 0 Å². The Labute approximate surface area is 193 Å². The number of nitrogens with one attached hydrogen (secondary N) is 1. The van der Waals surface area contributed by atoms with Crippen LogP contribution in [0.2, 0.25) is 0 Å². The molecule has 1 aliphatic rings. The van der Waals surface area contributed by atoms with Gasteiger partial charge in [-0.1, -0.05) is 37.3 Å². The Bertz CT molecular complexity index is 1240. The number of anilines is 1. The van der Waals surface area contributed by atoms with Crippen molar-refractivity contribution in [2.45, 2.75) is 30.7 Å². The molecule has 0 saturated carbocycles. The van der Waals surface area contributed by atoms with Crippen LogP contribution in [0.4, 0.5) is 11.4 Å². The first kappa shape index (κ1) is 22.9. The monoisotopic (exact) mass is 469 g/mol. The predicted octanol–water partition coefficient (Wildman–Crippen LogP) is 3.95. The summed E-state index contributed by atoms with van der Waals surface area (Å²) >= 11 is 0. The SMILES string of the molecule is CC1CCCN(S(=O)(=O)c2ccc(NC(c3ccccc3)c3nccn3C)c([N+](=O)[O-])c2)C1. The second-order valence-corrected chi connectivity index (χ2v) is 10.4. The van der Waals surface area contributed by atoms with Gasteiger partial charge in [-0.3, -0.25) is 10.1 Å². The third kappa shape index (κ3) is 4.76. The fraction of sp³-hybridized carbons (Fsp3) is 0.348. The minimum Gasteiger partial charge on any atom is -0.366 e. The van der Waals surface area contributed by atoms with Crippen LogP contribution in [-0.2, 0) is 17.1 Å². The van der Waals surface area contributed by atoms with E-state index in [4.69, 9.17) is 0 Å². The van der Waals surface area contributed by atoms with Gasteiger partial charge >= 0.3 is 0 Å². The van der Waals surface area contributed by atoms with Gasteiger partial charge in [0.05, 0.1) is 9.82 Å². The van der Waals surface area contributed by atoms with E-state index in [1.54, 1.807) is 12.4 Å². The molecule has 2 heterocycles. The van der Waals surface area contributed by atoms with Gasteiger partial charge in [-0.2, -0.15) is 4.31 Å². The zero-order valence-electron chi connectivity index (χ0n) is 18.6. The number of hydrogen-bond acceptors (Lipinski definition) is 6. The highest BCUT2D eigenvalue weighted by Crippen LogP contribution is 2.34. The Kier molecular flexibility index (Phi) is 6.48. The number of nitrogens with zero attached hydrogens (tertiary/aromatic N) is 4. The van der Waals surface area contributed by atoms with Crippen LogP contribution in [0.15, 0.2) is 65.8 Å². The molecule has 1 fully saturated rings. The zero-order chi connectivity index (χ0) is 23.6. The molecular weight excluding hydrogens is 442 g/mol. The van der Waals surface area contributed by atoms with Crippen molar-refractivity contribution in [1.29, 1.82) is 0 Å². The smallest absolute Gasteiger partial charge is 0.293 e. The standard InChI is InChI=1S/C23H27N5O4S/c1-17-7-6-13-27(16-17)33(31,32)19-10-11-20(21(15-19)28(29)30)25-22(18-8-4-3-5-9-18)23-24-12-14-26(23)2/h3-5,8-12,14-15,17,22,25H,6-7,13,16H2,1-2H3. The lowest BCUT2D eigenvalue weighted by Gasteiger charge is -2.30. The molecule has 4 rings (SSSR count). The van der Waals surface area contributed by atoms with E-state index in [1.807, 2.05) is 48.9 Å². The van der Waals surface area contributed by atoms with Gasteiger partial charge in [0.15, 0.2) is 0 Å². The van der Waals surface area contributed by atoms with Gasteiger partial charge in [-0.05, 0) is 36.5 Å². The Morgan fingerprint density at radius 3 is 2.61 bits per heavy atom. The van der Waals surface area contributed by atoms with Gasteiger partial charge in [0, 0.05) is 38.6 Å². The van der Waals surface area contributed by atoms with E-state index in [-0.39, 0.29) is 22.2 Å². The number of rotatable bonds is 7. The summed E-state index contributed by atoms with van der Waals surface area (Å²) in [5.74, 6) is 0.934. The molecule has 174 valence electrons. The van der Waals surface area contributed by atoms with Gasteiger partial charge in [0.1, 0.15) is 17.6 Å². The molecule has 2 atom stereocenters. The van der Waals surface area contributed by atoms with Crippen molar-refractivity contribution in [1.82, 2.24) is 13.9 Å². The van der Waals surface area contributed by atoms with E-state index in [0.717, 1.165) is 24.5 Å². The minimum atomic E-state index is -3.81. The van der Waals surface area contributed by atoms with Gasteiger partial charge in [-0.15, -0.1) is 0 Å². The molecule has 1 aromatic heterocycles. The Morgan fingerprint density at radius 2 is 1.97 bits per heavy atom. The van der Waals surface area contributed by atoms with Crippen molar-refractivity contribution in [3.63, 3.8) is 0 Å². The predicted molar refractivity (Wildman–Crippen MR) is 125 cm³/mol. The van der Waals surface area contributed by atoms with Crippen LogP contribution in [0.1, 0.15) is 37.2 Å². The summed E-state index contributed by atoms with van der Waals surface area (Å²) in [7, 11) is -1.96. The van der Waals surface area contributed by atoms with Crippen LogP contribution in [0.5, 0.6) is 0 Å². The molecular formula is C23H27N5O4S. The first-order valence-electron chi connectivity index (χ1n) is 10.8. The number of aromatic nitrogens is 2. The maximum absolute atomic E-state index is 13.2. The summed E-state index contributed by atoms with van der Waals surface area (Å²) in [6.45, 7) is 2.86. The Morgan fingerprint density at radius 1 is 1.21 bits per heavy atom. The molecule has 0 radical (unpaired) electrons. The molecule has 3 aromatic rings. The second-order valence-electron chi connectivity index (χ2n) is 8.43. The Balaban J connectivity index is 1.72. The van der Waals surface area contributed by atoms with Gasteiger partial charge < -0.3 is 9.88 Å².